The molecule has 9 heteroatoms. The average Bonchev–Trinajstić information content (AvgIpc) is 2.70. The van der Waals surface area contributed by atoms with Crippen molar-refractivity contribution in [3.63, 3.8) is 0 Å². The molecule has 0 bridgehead atoms. The maximum atomic E-state index is 13.1. The molecular weight excluding hydrogens is 389 g/mol. The molecule has 2 rings (SSSR count). The molecule has 2 aromatic rings. The van der Waals surface area contributed by atoms with Crippen molar-refractivity contribution in [2.75, 3.05) is 14.2 Å². The van der Waals surface area contributed by atoms with Gasteiger partial charge in [0.05, 0.1) is 20.5 Å². The molecule has 0 spiro atoms. The Morgan fingerprint density at radius 1 is 1.17 bits per heavy atom. The van der Waals surface area contributed by atoms with Gasteiger partial charge in [0.1, 0.15) is 18.0 Å². The van der Waals surface area contributed by atoms with Gasteiger partial charge < -0.3 is 14.2 Å². The van der Waals surface area contributed by atoms with Crippen LogP contribution in [0.25, 0.3) is 5.57 Å². The standard InChI is InChI=1S/C20H21F3N2O4/c1-4-7-17-24-16(20(21,22)23)10-18(25-17)29-11-13-8-5-6-9-14(13)15(12-27-2)19(26)28-3/h5-6,8-10,12H,4,7,11H2,1-3H3. The normalized spacial score (nSPS) is 11.9. The number of carbonyl (C=O) groups is 1. The maximum Gasteiger partial charge on any atom is 0.433 e. The first kappa shape index (κ1) is 22.2. The quantitative estimate of drug-likeness (QED) is 0.369. The second kappa shape index (κ2) is 9.90. The molecule has 1 heterocycles. The molecule has 1 aromatic carbocycles. The summed E-state index contributed by atoms with van der Waals surface area (Å²) in [4.78, 5) is 19.6. The van der Waals surface area contributed by atoms with Gasteiger partial charge in [0, 0.05) is 12.5 Å². The van der Waals surface area contributed by atoms with E-state index in [1.54, 1.807) is 24.3 Å². The lowest BCUT2D eigenvalue weighted by atomic mass is 10.0. The first-order valence-corrected chi connectivity index (χ1v) is 8.77. The van der Waals surface area contributed by atoms with Crippen molar-refractivity contribution in [3.8, 4) is 5.88 Å². The summed E-state index contributed by atoms with van der Waals surface area (Å²) in [5.74, 6) is -0.757. The summed E-state index contributed by atoms with van der Waals surface area (Å²) in [7, 11) is 2.62. The monoisotopic (exact) mass is 410 g/mol. The lowest BCUT2D eigenvalue weighted by Crippen LogP contribution is -2.13. The van der Waals surface area contributed by atoms with E-state index in [0.717, 1.165) is 6.07 Å². The fourth-order valence-corrected chi connectivity index (χ4v) is 2.54. The average molecular weight is 410 g/mol. The number of alkyl halides is 3. The Labute approximate surface area is 166 Å². The molecule has 156 valence electrons. The molecule has 0 unspecified atom stereocenters. The SMILES string of the molecule is CCCc1nc(OCc2ccccc2C(=COC)C(=O)OC)cc(C(F)(F)F)n1. The van der Waals surface area contributed by atoms with Crippen LogP contribution < -0.4 is 4.74 Å². The summed E-state index contributed by atoms with van der Waals surface area (Å²) in [5, 5.41) is 0. The number of rotatable bonds is 8. The van der Waals surface area contributed by atoms with Crippen LogP contribution in [0.1, 0.15) is 36.0 Å². The molecule has 6 nitrogen and oxygen atoms in total. The topological polar surface area (TPSA) is 70.5 Å². The van der Waals surface area contributed by atoms with E-state index >= 15 is 0 Å². The van der Waals surface area contributed by atoms with Crippen molar-refractivity contribution < 1.29 is 32.2 Å². The van der Waals surface area contributed by atoms with E-state index < -0.39 is 17.8 Å². The number of carbonyl (C=O) groups excluding carboxylic acids is 1. The Bertz CT molecular complexity index is 882. The number of hydrogen-bond acceptors (Lipinski definition) is 6. The summed E-state index contributed by atoms with van der Waals surface area (Å²) in [6.45, 7) is 1.70. The van der Waals surface area contributed by atoms with Crippen molar-refractivity contribution in [3.05, 3.63) is 59.2 Å². The zero-order valence-corrected chi connectivity index (χ0v) is 16.2. The number of aromatic nitrogens is 2. The van der Waals surface area contributed by atoms with Crippen LogP contribution in [-0.2, 0) is 33.5 Å². The van der Waals surface area contributed by atoms with Crippen molar-refractivity contribution in [2.24, 2.45) is 0 Å². The van der Waals surface area contributed by atoms with Crippen LogP contribution in [0.5, 0.6) is 5.88 Å². The highest BCUT2D eigenvalue weighted by Crippen LogP contribution is 2.30. The Hall–Kier alpha value is -3.10. The lowest BCUT2D eigenvalue weighted by molar-refractivity contribution is -0.141. The second-order valence-corrected chi connectivity index (χ2v) is 5.96. The summed E-state index contributed by atoms with van der Waals surface area (Å²) in [6.07, 6.45) is -2.50. The van der Waals surface area contributed by atoms with E-state index in [1.807, 2.05) is 6.92 Å². The van der Waals surface area contributed by atoms with Gasteiger partial charge in [-0.05, 0) is 17.5 Å². The number of nitrogens with zero attached hydrogens (tertiary/aromatic N) is 2. The molecule has 0 saturated heterocycles. The minimum absolute atomic E-state index is 0.0557. The van der Waals surface area contributed by atoms with E-state index in [9.17, 15) is 18.0 Å². The van der Waals surface area contributed by atoms with Crippen LogP contribution in [0.2, 0.25) is 0 Å². The predicted octanol–water partition coefficient (Wildman–Crippen LogP) is 4.19. The van der Waals surface area contributed by atoms with Gasteiger partial charge in [0.25, 0.3) is 0 Å². The number of benzene rings is 1. The summed E-state index contributed by atoms with van der Waals surface area (Å²) >= 11 is 0. The van der Waals surface area contributed by atoms with Gasteiger partial charge in [-0.25, -0.2) is 9.78 Å². The van der Waals surface area contributed by atoms with E-state index in [2.05, 4.69) is 9.97 Å². The summed E-state index contributed by atoms with van der Waals surface area (Å²) in [6, 6.07) is 7.52. The fraction of sp³-hybridized carbons (Fsp3) is 0.350. The largest absolute Gasteiger partial charge is 0.503 e. The molecule has 0 aliphatic carbocycles. The molecule has 29 heavy (non-hydrogen) atoms. The van der Waals surface area contributed by atoms with Gasteiger partial charge in [-0.1, -0.05) is 31.2 Å². The fourth-order valence-electron chi connectivity index (χ4n) is 2.54. The molecule has 0 atom stereocenters. The third-order valence-corrected chi connectivity index (χ3v) is 3.84. The minimum Gasteiger partial charge on any atom is -0.503 e. The first-order valence-electron chi connectivity index (χ1n) is 8.77. The molecule has 0 radical (unpaired) electrons. The molecule has 0 saturated carbocycles. The highest BCUT2D eigenvalue weighted by molar-refractivity contribution is 6.16. The van der Waals surface area contributed by atoms with Gasteiger partial charge in [0.2, 0.25) is 5.88 Å². The zero-order valence-electron chi connectivity index (χ0n) is 16.2. The van der Waals surface area contributed by atoms with Gasteiger partial charge in [-0.15, -0.1) is 0 Å². The number of halogens is 3. The zero-order chi connectivity index (χ0) is 21.4. The molecule has 0 fully saturated rings. The van der Waals surface area contributed by atoms with E-state index in [4.69, 9.17) is 14.2 Å². The number of esters is 1. The Morgan fingerprint density at radius 2 is 1.90 bits per heavy atom. The van der Waals surface area contributed by atoms with Gasteiger partial charge in [0.15, 0.2) is 5.69 Å². The number of aryl methyl sites for hydroxylation is 1. The first-order chi connectivity index (χ1) is 13.8. The molecule has 0 aliphatic rings. The van der Waals surface area contributed by atoms with Crippen molar-refractivity contribution in [2.45, 2.75) is 32.5 Å². The van der Waals surface area contributed by atoms with Crippen LogP contribution in [0.4, 0.5) is 13.2 Å². The third-order valence-electron chi connectivity index (χ3n) is 3.84. The van der Waals surface area contributed by atoms with Crippen LogP contribution >= 0.6 is 0 Å². The smallest absolute Gasteiger partial charge is 0.433 e. The van der Waals surface area contributed by atoms with Gasteiger partial charge in [-0.3, -0.25) is 0 Å². The number of hydrogen-bond donors (Lipinski definition) is 0. The van der Waals surface area contributed by atoms with Crippen molar-refractivity contribution in [1.29, 1.82) is 0 Å². The summed E-state index contributed by atoms with van der Waals surface area (Å²) < 4.78 is 54.6. The van der Waals surface area contributed by atoms with E-state index in [-0.39, 0.29) is 23.9 Å². The number of ether oxygens (including phenoxy) is 3. The molecule has 0 N–H and O–H groups in total. The van der Waals surface area contributed by atoms with Crippen LogP contribution in [0.3, 0.4) is 0 Å². The lowest BCUT2D eigenvalue weighted by Gasteiger charge is -2.14. The Morgan fingerprint density at radius 3 is 2.52 bits per heavy atom. The Kier molecular flexibility index (Phi) is 7.58. The molecule has 0 aliphatic heterocycles. The Balaban J connectivity index is 2.34. The minimum atomic E-state index is -4.61. The number of methoxy groups -OCH3 is 2. The maximum absolute atomic E-state index is 13.1. The van der Waals surface area contributed by atoms with E-state index in [0.29, 0.717) is 24.0 Å². The molecule has 1 aromatic heterocycles. The van der Waals surface area contributed by atoms with Crippen LogP contribution in [0, 0.1) is 0 Å². The summed E-state index contributed by atoms with van der Waals surface area (Å²) in [5.41, 5.74) is 0.110. The molecule has 0 amide bonds. The van der Waals surface area contributed by atoms with Crippen molar-refractivity contribution >= 4 is 11.5 Å². The second-order valence-electron chi connectivity index (χ2n) is 5.96. The highest BCUT2D eigenvalue weighted by atomic mass is 19.4. The van der Waals surface area contributed by atoms with Crippen molar-refractivity contribution in [1.82, 2.24) is 9.97 Å². The van der Waals surface area contributed by atoms with E-state index in [1.165, 1.54) is 20.5 Å². The molecular formula is C20H21F3N2O4. The van der Waals surface area contributed by atoms with Gasteiger partial charge >= 0.3 is 12.1 Å². The van der Waals surface area contributed by atoms with Crippen LogP contribution in [-0.4, -0.2) is 30.2 Å². The predicted molar refractivity (Wildman–Crippen MR) is 98.8 cm³/mol. The van der Waals surface area contributed by atoms with Crippen LogP contribution in [0.15, 0.2) is 36.6 Å². The van der Waals surface area contributed by atoms with Gasteiger partial charge in [-0.2, -0.15) is 18.2 Å². The third kappa shape index (κ3) is 5.94. The highest BCUT2D eigenvalue weighted by Gasteiger charge is 2.34.